The molecule has 162 valence electrons. The van der Waals surface area contributed by atoms with E-state index in [1.165, 1.54) is 0 Å². The van der Waals surface area contributed by atoms with Gasteiger partial charge in [0.1, 0.15) is 17.3 Å². The highest BCUT2D eigenvalue weighted by atomic mass is 35.5. The van der Waals surface area contributed by atoms with E-state index in [9.17, 15) is 9.59 Å². The molecule has 0 unspecified atom stereocenters. The van der Waals surface area contributed by atoms with Gasteiger partial charge in [-0.25, -0.2) is 4.98 Å². The van der Waals surface area contributed by atoms with Crippen LogP contribution in [0.25, 0.3) is 10.9 Å². The van der Waals surface area contributed by atoms with E-state index in [1.54, 1.807) is 66.5 Å². The second kappa shape index (κ2) is 9.64. The highest BCUT2D eigenvalue weighted by molar-refractivity contribution is 6.32. The second-order valence-corrected chi connectivity index (χ2v) is 7.71. The number of benzene rings is 3. The Kier molecular flexibility index (Phi) is 6.49. The lowest BCUT2D eigenvalue weighted by molar-refractivity contribution is -0.117. The van der Waals surface area contributed by atoms with Crippen molar-refractivity contribution in [3.05, 3.63) is 94.0 Å². The standard InChI is InChI=1S/C24H21ClN4O3/c1-29(14-22-27-20-8-4-2-6-18(20)24(31)28-22)15-23(30)26-16-10-12-17(13-11-16)32-21-9-5-3-7-19(21)25/h2-13H,14-15H2,1H3,(H,26,30)(H,27,28,31). The number of anilines is 1. The molecule has 7 nitrogen and oxygen atoms in total. The first-order chi connectivity index (χ1) is 15.5. The summed E-state index contributed by atoms with van der Waals surface area (Å²) in [4.78, 5) is 33.6. The van der Waals surface area contributed by atoms with Crippen LogP contribution in [0.2, 0.25) is 5.02 Å². The Balaban J connectivity index is 1.33. The molecule has 8 heteroatoms. The number of hydrogen-bond acceptors (Lipinski definition) is 5. The Morgan fingerprint density at radius 1 is 1.06 bits per heavy atom. The van der Waals surface area contributed by atoms with E-state index in [0.29, 0.717) is 45.5 Å². The van der Waals surface area contributed by atoms with Crippen LogP contribution in [-0.4, -0.2) is 34.4 Å². The first-order valence-electron chi connectivity index (χ1n) is 9.97. The van der Waals surface area contributed by atoms with Crippen molar-refractivity contribution in [3.8, 4) is 11.5 Å². The number of para-hydroxylation sites is 2. The number of fused-ring (bicyclic) bond motifs is 1. The van der Waals surface area contributed by atoms with Crippen LogP contribution in [0.4, 0.5) is 5.69 Å². The van der Waals surface area contributed by atoms with E-state index in [2.05, 4.69) is 15.3 Å². The number of ether oxygens (including phenoxy) is 1. The zero-order valence-electron chi connectivity index (χ0n) is 17.3. The normalized spacial score (nSPS) is 11.0. The maximum Gasteiger partial charge on any atom is 0.258 e. The molecule has 1 amide bonds. The molecule has 0 radical (unpaired) electrons. The van der Waals surface area contributed by atoms with Crippen LogP contribution in [0, 0.1) is 0 Å². The fourth-order valence-electron chi connectivity index (χ4n) is 3.23. The van der Waals surface area contributed by atoms with Gasteiger partial charge in [-0.2, -0.15) is 0 Å². The van der Waals surface area contributed by atoms with Gasteiger partial charge in [0.05, 0.1) is 29.0 Å². The molecule has 1 heterocycles. The summed E-state index contributed by atoms with van der Waals surface area (Å²) in [5.41, 5.74) is 1.08. The number of nitrogens with zero attached hydrogens (tertiary/aromatic N) is 2. The van der Waals surface area contributed by atoms with Gasteiger partial charge >= 0.3 is 0 Å². The van der Waals surface area contributed by atoms with Crippen LogP contribution < -0.4 is 15.6 Å². The van der Waals surface area contributed by atoms with Crippen molar-refractivity contribution < 1.29 is 9.53 Å². The highest BCUT2D eigenvalue weighted by Gasteiger charge is 2.11. The molecule has 32 heavy (non-hydrogen) atoms. The number of rotatable bonds is 7. The average molecular weight is 449 g/mol. The van der Waals surface area contributed by atoms with Crippen LogP contribution >= 0.6 is 11.6 Å². The zero-order chi connectivity index (χ0) is 22.5. The lowest BCUT2D eigenvalue weighted by Gasteiger charge is -2.16. The summed E-state index contributed by atoms with van der Waals surface area (Å²) in [7, 11) is 1.79. The Labute approximate surface area is 189 Å². The largest absolute Gasteiger partial charge is 0.456 e. The van der Waals surface area contributed by atoms with Crippen molar-refractivity contribution >= 4 is 34.1 Å². The highest BCUT2D eigenvalue weighted by Crippen LogP contribution is 2.29. The van der Waals surface area contributed by atoms with E-state index in [1.807, 2.05) is 18.2 Å². The Morgan fingerprint density at radius 3 is 2.56 bits per heavy atom. The maximum atomic E-state index is 12.4. The maximum absolute atomic E-state index is 12.4. The fourth-order valence-corrected chi connectivity index (χ4v) is 3.40. The number of carbonyl (C=O) groups is 1. The molecule has 2 N–H and O–H groups in total. The predicted octanol–water partition coefficient (Wildman–Crippen LogP) is 4.44. The molecule has 0 saturated heterocycles. The fraction of sp³-hybridized carbons (Fsp3) is 0.125. The minimum absolute atomic E-state index is 0.133. The van der Waals surface area contributed by atoms with Gasteiger partial charge in [-0.1, -0.05) is 35.9 Å². The molecule has 0 bridgehead atoms. The number of aromatic amines is 1. The van der Waals surface area contributed by atoms with Crippen LogP contribution in [0.15, 0.2) is 77.6 Å². The number of aromatic nitrogens is 2. The lowest BCUT2D eigenvalue weighted by atomic mass is 10.2. The van der Waals surface area contributed by atoms with Gasteiger partial charge in [0.15, 0.2) is 0 Å². The van der Waals surface area contributed by atoms with E-state index in [0.717, 1.165) is 0 Å². The summed E-state index contributed by atoms with van der Waals surface area (Å²) < 4.78 is 5.75. The monoisotopic (exact) mass is 448 g/mol. The van der Waals surface area contributed by atoms with Crippen molar-refractivity contribution in [2.75, 3.05) is 18.9 Å². The summed E-state index contributed by atoms with van der Waals surface area (Å²) in [6.45, 7) is 0.465. The average Bonchev–Trinajstić information content (AvgIpc) is 2.76. The second-order valence-electron chi connectivity index (χ2n) is 7.31. The third kappa shape index (κ3) is 5.32. The topological polar surface area (TPSA) is 87.3 Å². The van der Waals surface area contributed by atoms with Gasteiger partial charge in [-0.05, 0) is 55.6 Å². The van der Waals surface area contributed by atoms with Crippen molar-refractivity contribution in [1.29, 1.82) is 0 Å². The number of amides is 1. The van der Waals surface area contributed by atoms with Gasteiger partial charge < -0.3 is 15.0 Å². The molecule has 0 fully saturated rings. The van der Waals surface area contributed by atoms with Crippen molar-refractivity contribution in [1.82, 2.24) is 14.9 Å². The first kappa shape index (κ1) is 21.5. The van der Waals surface area contributed by atoms with Crippen LogP contribution in [0.1, 0.15) is 5.82 Å². The lowest BCUT2D eigenvalue weighted by Crippen LogP contribution is -2.31. The molecule has 4 aromatic rings. The summed E-state index contributed by atoms with van der Waals surface area (Å²) in [6.07, 6.45) is 0. The van der Waals surface area contributed by atoms with Gasteiger partial charge in [-0.3, -0.25) is 14.5 Å². The molecular formula is C24H21ClN4O3. The molecule has 0 spiro atoms. The molecule has 0 aliphatic carbocycles. The SMILES string of the molecule is CN(CC(=O)Nc1ccc(Oc2ccccc2Cl)cc1)Cc1nc2ccccc2c(=O)[nH]1. The molecule has 0 aliphatic rings. The quantitative estimate of drug-likeness (QED) is 0.436. The van der Waals surface area contributed by atoms with Crippen LogP contribution in [0.5, 0.6) is 11.5 Å². The number of nitrogens with one attached hydrogen (secondary N) is 2. The summed E-state index contributed by atoms with van der Waals surface area (Å²) in [5, 5.41) is 3.91. The molecule has 0 aliphatic heterocycles. The van der Waals surface area contributed by atoms with Gasteiger partial charge in [0.25, 0.3) is 5.56 Å². The van der Waals surface area contributed by atoms with E-state index in [-0.39, 0.29) is 18.0 Å². The third-order valence-corrected chi connectivity index (χ3v) is 5.01. The van der Waals surface area contributed by atoms with E-state index in [4.69, 9.17) is 16.3 Å². The summed E-state index contributed by atoms with van der Waals surface area (Å²) >= 11 is 6.11. The van der Waals surface area contributed by atoms with E-state index >= 15 is 0 Å². The Hall–Kier alpha value is -3.68. The zero-order valence-corrected chi connectivity index (χ0v) is 18.1. The number of likely N-dealkylation sites (N-methyl/N-ethyl adjacent to an activating group) is 1. The van der Waals surface area contributed by atoms with Gasteiger partial charge in [-0.15, -0.1) is 0 Å². The van der Waals surface area contributed by atoms with Crippen molar-refractivity contribution in [2.45, 2.75) is 6.54 Å². The minimum atomic E-state index is -0.192. The summed E-state index contributed by atoms with van der Waals surface area (Å²) in [5.74, 6) is 1.49. The predicted molar refractivity (Wildman–Crippen MR) is 125 cm³/mol. The van der Waals surface area contributed by atoms with E-state index < -0.39 is 0 Å². The smallest absolute Gasteiger partial charge is 0.258 e. The van der Waals surface area contributed by atoms with Crippen molar-refractivity contribution in [3.63, 3.8) is 0 Å². The molecule has 0 atom stereocenters. The number of carbonyl (C=O) groups excluding carboxylic acids is 1. The van der Waals surface area contributed by atoms with Crippen molar-refractivity contribution in [2.24, 2.45) is 0 Å². The molecule has 4 rings (SSSR count). The third-order valence-electron chi connectivity index (χ3n) is 4.70. The summed E-state index contributed by atoms with van der Waals surface area (Å²) in [6, 6.07) is 21.4. The van der Waals surface area contributed by atoms with Crippen LogP contribution in [0.3, 0.4) is 0 Å². The minimum Gasteiger partial charge on any atom is -0.456 e. The molecule has 3 aromatic carbocycles. The number of hydrogen-bond donors (Lipinski definition) is 2. The number of halogens is 1. The van der Waals surface area contributed by atoms with Crippen LogP contribution in [-0.2, 0) is 11.3 Å². The molecule has 0 saturated carbocycles. The Bertz CT molecular complexity index is 1300. The number of H-pyrrole nitrogens is 1. The Morgan fingerprint density at radius 2 is 1.78 bits per heavy atom. The van der Waals surface area contributed by atoms with Gasteiger partial charge in [0, 0.05) is 5.69 Å². The first-order valence-corrected chi connectivity index (χ1v) is 10.3. The van der Waals surface area contributed by atoms with Gasteiger partial charge in [0.2, 0.25) is 5.91 Å². The molecular weight excluding hydrogens is 428 g/mol. The molecule has 1 aromatic heterocycles.